The highest BCUT2D eigenvalue weighted by Gasteiger charge is 2.23. The number of rotatable bonds is 12. The molecule has 0 atom stereocenters. The molecule has 0 radical (unpaired) electrons. The molecule has 0 saturated carbocycles. The second kappa shape index (κ2) is 12.2. The molecular weight excluding hydrogens is 376 g/mol. The fourth-order valence-electron chi connectivity index (χ4n) is 3.41. The third-order valence-electron chi connectivity index (χ3n) is 5.17. The van der Waals surface area contributed by atoms with E-state index in [2.05, 4.69) is 19.1 Å². The zero-order chi connectivity index (χ0) is 21.9. The Balaban J connectivity index is 2.10. The molecule has 0 spiro atoms. The molecule has 1 heterocycles. The van der Waals surface area contributed by atoms with E-state index in [1.54, 1.807) is 4.90 Å². The number of furan rings is 1. The number of hydrogen-bond donors (Lipinski definition) is 0. The van der Waals surface area contributed by atoms with Crippen molar-refractivity contribution < 1.29 is 14.0 Å². The minimum atomic E-state index is -0.120. The van der Waals surface area contributed by atoms with Gasteiger partial charge in [-0.15, -0.1) is 0 Å². The number of aryl methyl sites for hydroxylation is 1. The Bertz CT molecular complexity index is 783. The van der Waals surface area contributed by atoms with Gasteiger partial charge in [0.1, 0.15) is 11.5 Å². The van der Waals surface area contributed by atoms with Crippen molar-refractivity contribution in [3.8, 4) is 0 Å². The van der Waals surface area contributed by atoms with Crippen LogP contribution in [0.5, 0.6) is 0 Å². The predicted molar refractivity (Wildman–Crippen MR) is 120 cm³/mol. The maximum Gasteiger partial charge on any atom is 0.242 e. The Morgan fingerprint density at radius 2 is 1.70 bits per heavy atom. The van der Waals surface area contributed by atoms with Crippen molar-refractivity contribution >= 4 is 11.8 Å². The van der Waals surface area contributed by atoms with Gasteiger partial charge in [-0.05, 0) is 37.5 Å². The van der Waals surface area contributed by atoms with Gasteiger partial charge in [0.05, 0.1) is 13.1 Å². The van der Waals surface area contributed by atoms with Crippen molar-refractivity contribution in [2.24, 2.45) is 5.92 Å². The first-order valence-corrected chi connectivity index (χ1v) is 11.1. The van der Waals surface area contributed by atoms with E-state index in [1.807, 2.05) is 56.0 Å². The highest BCUT2D eigenvalue weighted by atomic mass is 16.3. The lowest BCUT2D eigenvalue weighted by atomic mass is 10.1. The van der Waals surface area contributed by atoms with Crippen molar-refractivity contribution in [2.45, 2.75) is 59.9 Å². The predicted octanol–water partition coefficient (Wildman–Crippen LogP) is 4.83. The summed E-state index contributed by atoms with van der Waals surface area (Å²) >= 11 is 0. The smallest absolute Gasteiger partial charge is 0.242 e. The summed E-state index contributed by atoms with van der Waals surface area (Å²) in [5, 5.41) is 0. The largest absolute Gasteiger partial charge is 0.464 e. The number of benzene rings is 1. The van der Waals surface area contributed by atoms with Gasteiger partial charge in [-0.1, -0.05) is 63.9 Å². The van der Waals surface area contributed by atoms with E-state index in [9.17, 15) is 9.59 Å². The minimum absolute atomic E-state index is 0.0366. The standard InChI is InChI=1S/C25H36N2O3/c1-5-6-10-16-27(25(29)20(2)3)19-24(28)26(18-23-14-13-21(4)30-23)17-15-22-11-8-7-9-12-22/h7-9,11-14,20H,5-6,10,15-19H2,1-4H3. The van der Waals surface area contributed by atoms with Crippen LogP contribution in [0.15, 0.2) is 46.9 Å². The molecule has 2 amide bonds. The van der Waals surface area contributed by atoms with Crippen molar-refractivity contribution in [1.82, 2.24) is 9.80 Å². The summed E-state index contributed by atoms with van der Waals surface area (Å²) in [7, 11) is 0. The molecule has 1 aromatic carbocycles. The minimum Gasteiger partial charge on any atom is -0.464 e. The average Bonchev–Trinajstić information content (AvgIpc) is 3.15. The van der Waals surface area contributed by atoms with Crippen LogP contribution in [0.4, 0.5) is 0 Å². The van der Waals surface area contributed by atoms with Crippen molar-refractivity contribution in [2.75, 3.05) is 19.6 Å². The van der Waals surface area contributed by atoms with Crippen LogP contribution in [0.3, 0.4) is 0 Å². The van der Waals surface area contributed by atoms with Crippen molar-refractivity contribution in [3.63, 3.8) is 0 Å². The molecule has 0 aliphatic rings. The van der Waals surface area contributed by atoms with Gasteiger partial charge in [0.25, 0.3) is 0 Å². The van der Waals surface area contributed by atoms with E-state index in [4.69, 9.17) is 4.42 Å². The molecule has 164 valence electrons. The van der Waals surface area contributed by atoms with Crippen LogP contribution >= 0.6 is 0 Å². The SMILES string of the molecule is CCCCCN(CC(=O)N(CCc1ccccc1)Cc1ccc(C)o1)C(=O)C(C)C. The van der Waals surface area contributed by atoms with Crippen LogP contribution in [-0.2, 0) is 22.6 Å². The number of hydrogen-bond acceptors (Lipinski definition) is 3. The zero-order valence-corrected chi connectivity index (χ0v) is 18.9. The molecule has 0 aliphatic carbocycles. The number of carbonyl (C=O) groups excluding carboxylic acids is 2. The normalized spacial score (nSPS) is 11.0. The summed E-state index contributed by atoms with van der Waals surface area (Å²) in [5.41, 5.74) is 1.18. The highest BCUT2D eigenvalue weighted by molar-refractivity contribution is 5.85. The van der Waals surface area contributed by atoms with E-state index in [1.165, 1.54) is 5.56 Å². The number of amides is 2. The van der Waals surface area contributed by atoms with Crippen LogP contribution in [0.2, 0.25) is 0 Å². The molecule has 2 aromatic rings. The molecule has 2 rings (SSSR count). The van der Waals surface area contributed by atoms with Crippen molar-refractivity contribution in [1.29, 1.82) is 0 Å². The Labute approximate surface area is 181 Å². The van der Waals surface area contributed by atoms with Gasteiger partial charge in [0, 0.05) is 19.0 Å². The van der Waals surface area contributed by atoms with E-state index in [-0.39, 0.29) is 24.3 Å². The fourth-order valence-corrected chi connectivity index (χ4v) is 3.41. The third-order valence-corrected chi connectivity index (χ3v) is 5.17. The van der Waals surface area contributed by atoms with Gasteiger partial charge in [-0.3, -0.25) is 9.59 Å². The maximum absolute atomic E-state index is 13.2. The van der Waals surface area contributed by atoms with Crippen molar-refractivity contribution in [3.05, 3.63) is 59.5 Å². The summed E-state index contributed by atoms with van der Waals surface area (Å²) in [6.07, 6.45) is 3.82. The highest BCUT2D eigenvalue weighted by Crippen LogP contribution is 2.13. The Morgan fingerprint density at radius 3 is 2.30 bits per heavy atom. The van der Waals surface area contributed by atoms with E-state index in [0.717, 1.165) is 37.2 Å². The van der Waals surface area contributed by atoms with E-state index >= 15 is 0 Å². The number of carbonyl (C=O) groups is 2. The quantitative estimate of drug-likeness (QED) is 0.469. The van der Waals surface area contributed by atoms with Crippen LogP contribution in [-0.4, -0.2) is 41.2 Å². The average molecular weight is 413 g/mol. The maximum atomic E-state index is 13.2. The molecule has 0 bridgehead atoms. The fraction of sp³-hybridized carbons (Fsp3) is 0.520. The number of unbranched alkanes of at least 4 members (excludes halogenated alkanes) is 2. The van der Waals surface area contributed by atoms with E-state index < -0.39 is 0 Å². The third kappa shape index (κ3) is 7.69. The van der Waals surface area contributed by atoms with Crippen LogP contribution in [0.1, 0.15) is 57.1 Å². The van der Waals surface area contributed by atoms with Gasteiger partial charge < -0.3 is 14.2 Å². The van der Waals surface area contributed by atoms with Crippen LogP contribution < -0.4 is 0 Å². The summed E-state index contributed by atoms with van der Waals surface area (Å²) in [6, 6.07) is 14.0. The van der Waals surface area contributed by atoms with Gasteiger partial charge in [0.15, 0.2) is 0 Å². The van der Waals surface area contributed by atoms with Crippen LogP contribution in [0, 0.1) is 12.8 Å². The Morgan fingerprint density at radius 1 is 0.967 bits per heavy atom. The first-order valence-electron chi connectivity index (χ1n) is 11.1. The lowest BCUT2D eigenvalue weighted by Gasteiger charge is -2.28. The molecule has 0 aliphatic heterocycles. The summed E-state index contributed by atoms with van der Waals surface area (Å²) in [6.45, 7) is 9.56. The first-order chi connectivity index (χ1) is 14.4. The first kappa shape index (κ1) is 23.7. The lowest BCUT2D eigenvalue weighted by molar-refractivity contribution is -0.142. The summed E-state index contributed by atoms with van der Waals surface area (Å²) < 4.78 is 5.71. The van der Waals surface area contributed by atoms with E-state index in [0.29, 0.717) is 19.6 Å². The van der Waals surface area contributed by atoms with Crippen LogP contribution in [0.25, 0.3) is 0 Å². The molecular formula is C25H36N2O3. The van der Waals surface area contributed by atoms with Gasteiger partial charge in [-0.2, -0.15) is 0 Å². The second-order valence-electron chi connectivity index (χ2n) is 8.18. The number of nitrogens with zero attached hydrogens (tertiary/aromatic N) is 2. The molecule has 5 nitrogen and oxygen atoms in total. The van der Waals surface area contributed by atoms with Gasteiger partial charge >= 0.3 is 0 Å². The molecule has 0 unspecified atom stereocenters. The topological polar surface area (TPSA) is 53.8 Å². The zero-order valence-electron chi connectivity index (χ0n) is 18.9. The summed E-state index contributed by atoms with van der Waals surface area (Å²) in [5.74, 6) is 1.48. The van der Waals surface area contributed by atoms with Gasteiger partial charge in [0.2, 0.25) is 11.8 Å². The molecule has 30 heavy (non-hydrogen) atoms. The molecule has 5 heteroatoms. The Kier molecular flexibility index (Phi) is 9.65. The molecule has 0 saturated heterocycles. The molecule has 0 fully saturated rings. The lowest BCUT2D eigenvalue weighted by Crippen LogP contribution is -2.45. The Hall–Kier alpha value is -2.56. The molecule has 1 aromatic heterocycles. The van der Waals surface area contributed by atoms with Gasteiger partial charge in [-0.25, -0.2) is 0 Å². The molecule has 0 N–H and O–H groups in total. The second-order valence-corrected chi connectivity index (χ2v) is 8.18. The monoisotopic (exact) mass is 412 g/mol. The summed E-state index contributed by atoms with van der Waals surface area (Å²) in [4.78, 5) is 29.4.